The highest BCUT2D eigenvalue weighted by molar-refractivity contribution is 5.27. The first kappa shape index (κ1) is 16.9. The molecule has 0 saturated carbocycles. The lowest BCUT2D eigenvalue weighted by Crippen LogP contribution is -2.35. The van der Waals surface area contributed by atoms with Gasteiger partial charge in [0, 0.05) is 12.7 Å². The molecule has 0 unspecified atom stereocenters. The molecule has 0 amide bonds. The Morgan fingerprint density at radius 1 is 1.17 bits per heavy atom. The molecule has 2 heterocycles. The summed E-state index contributed by atoms with van der Waals surface area (Å²) in [4.78, 5) is 6.74. The van der Waals surface area contributed by atoms with Gasteiger partial charge in [0.1, 0.15) is 5.75 Å². The first-order valence-corrected chi connectivity index (χ1v) is 8.79. The molecule has 4 heteroatoms. The van der Waals surface area contributed by atoms with E-state index in [0.29, 0.717) is 12.5 Å². The van der Waals surface area contributed by atoms with E-state index in [1.54, 1.807) is 6.20 Å². The number of aromatic nitrogens is 1. The molecule has 4 nitrogen and oxygen atoms in total. The van der Waals surface area contributed by atoms with Crippen LogP contribution in [0.2, 0.25) is 0 Å². The second-order valence-electron chi connectivity index (χ2n) is 6.39. The summed E-state index contributed by atoms with van der Waals surface area (Å²) in [6.45, 7) is 5.69. The van der Waals surface area contributed by atoms with E-state index in [9.17, 15) is 5.11 Å². The maximum Gasteiger partial charge on any atom is 0.119 e. The lowest BCUT2D eigenvalue weighted by atomic mass is 9.89. The molecule has 24 heavy (non-hydrogen) atoms. The minimum Gasteiger partial charge on any atom is -0.494 e. The Morgan fingerprint density at radius 2 is 1.92 bits per heavy atom. The van der Waals surface area contributed by atoms with Gasteiger partial charge in [0.2, 0.25) is 0 Å². The average Bonchev–Trinajstić information content (AvgIpc) is 2.64. The minimum atomic E-state index is -0.446. The van der Waals surface area contributed by atoms with E-state index in [4.69, 9.17) is 4.74 Å². The van der Waals surface area contributed by atoms with E-state index in [1.807, 2.05) is 37.3 Å². The van der Waals surface area contributed by atoms with Gasteiger partial charge in [0.05, 0.1) is 18.4 Å². The Labute approximate surface area is 144 Å². The summed E-state index contributed by atoms with van der Waals surface area (Å²) in [5.74, 6) is 1.23. The van der Waals surface area contributed by atoms with Crippen molar-refractivity contribution in [2.75, 3.05) is 19.7 Å². The van der Waals surface area contributed by atoms with Gasteiger partial charge in [-0.3, -0.25) is 9.88 Å². The number of hydrogen-bond donors (Lipinski definition) is 1. The molecule has 1 saturated heterocycles. The van der Waals surface area contributed by atoms with Crippen LogP contribution in [0.1, 0.15) is 37.1 Å². The third-order valence-corrected chi connectivity index (χ3v) is 4.71. The van der Waals surface area contributed by atoms with Crippen LogP contribution in [-0.4, -0.2) is 34.7 Å². The van der Waals surface area contributed by atoms with E-state index in [-0.39, 0.29) is 0 Å². The number of aliphatic hydroxyl groups is 1. The van der Waals surface area contributed by atoms with Gasteiger partial charge < -0.3 is 9.84 Å². The summed E-state index contributed by atoms with van der Waals surface area (Å²) >= 11 is 0. The topological polar surface area (TPSA) is 45.6 Å². The number of pyridine rings is 1. The van der Waals surface area contributed by atoms with Crippen molar-refractivity contribution in [3.63, 3.8) is 0 Å². The number of benzene rings is 1. The number of aliphatic hydroxyl groups excluding tert-OH is 1. The molecule has 0 radical (unpaired) electrons. The fourth-order valence-corrected chi connectivity index (χ4v) is 3.34. The van der Waals surface area contributed by atoms with Gasteiger partial charge in [-0.25, -0.2) is 0 Å². The predicted molar refractivity (Wildman–Crippen MR) is 94.8 cm³/mol. The van der Waals surface area contributed by atoms with Gasteiger partial charge in [-0.05, 0) is 68.6 Å². The Balaban J connectivity index is 1.50. The van der Waals surface area contributed by atoms with Crippen molar-refractivity contribution in [3.8, 4) is 5.75 Å². The highest BCUT2D eigenvalue weighted by Gasteiger charge is 2.26. The maximum absolute atomic E-state index is 10.5. The first-order valence-electron chi connectivity index (χ1n) is 8.79. The van der Waals surface area contributed by atoms with Crippen molar-refractivity contribution in [1.82, 2.24) is 9.88 Å². The molecule has 1 aromatic heterocycles. The van der Waals surface area contributed by atoms with Crippen LogP contribution >= 0.6 is 0 Å². The lowest BCUT2D eigenvalue weighted by Gasteiger charge is -2.34. The Kier molecular flexibility index (Phi) is 5.83. The highest BCUT2D eigenvalue weighted by Crippen LogP contribution is 2.30. The third kappa shape index (κ3) is 4.34. The van der Waals surface area contributed by atoms with Crippen LogP contribution < -0.4 is 4.74 Å². The van der Waals surface area contributed by atoms with Crippen molar-refractivity contribution in [2.24, 2.45) is 5.92 Å². The first-order chi connectivity index (χ1) is 11.8. The van der Waals surface area contributed by atoms with Crippen molar-refractivity contribution < 1.29 is 9.84 Å². The molecule has 1 fully saturated rings. The number of piperidine rings is 1. The van der Waals surface area contributed by atoms with Gasteiger partial charge in [-0.2, -0.15) is 0 Å². The van der Waals surface area contributed by atoms with Gasteiger partial charge in [0.25, 0.3) is 0 Å². The molecule has 128 valence electrons. The van der Waals surface area contributed by atoms with Crippen molar-refractivity contribution in [2.45, 2.75) is 32.4 Å². The highest BCUT2D eigenvalue weighted by atomic mass is 16.5. The molecule has 1 atom stereocenters. The van der Waals surface area contributed by atoms with E-state index in [1.165, 1.54) is 5.56 Å². The molecule has 1 aliphatic heterocycles. The Morgan fingerprint density at radius 3 is 2.54 bits per heavy atom. The maximum atomic E-state index is 10.5. The average molecular weight is 326 g/mol. The van der Waals surface area contributed by atoms with Gasteiger partial charge in [-0.1, -0.05) is 18.2 Å². The van der Waals surface area contributed by atoms with Crippen molar-refractivity contribution in [1.29, 1.82) is 0 Å². The third-order valence-electron chi connectivity index (χ3n) is 4.71. The molecule has 0 aliphatic carbocycles. The van der Waals surface area contributed by atoms with E-state index >= 15 is 0 Å². The number of likely N-dealkylation sites (tertiary alicyclic amines) is 1. The predicted octanol–water partition coefficient (Wildman–Crippen LogP) is 3.43. The Hall–Kier alpha value is -1.91. The van der Waals surface area contributed by atoms with Crippen LogP contribution in [0.4, 0.5) is 0 Å². The monoisotopic (exact) mass is 326 g/mol. The van der Waals surface area contributed by atoms with Crippen molar-refractivity contribution in [3.05, 3.63) is 59.9 Å². The van der Waals surface area contributed by atoms with Crippen LogP contribution in [0.25, 0.3) is 0 Å². The molecular formula is C20H26N2O2. The number of hydrogen-bond acceptors (Lipinski definition) is 4. The van der Waals surface area contributed by atoms with E-state index in [2.05, 4.69) is 22.0 Å². The number of nitrogens with zero attached hydrogens (tertiary/aromatic N) is 2. The van der Waals surface area contributed by atoms with Crippen molar-refractivity contribution >= 4 is 0 Å². The summed E-state index contributed by atoms with van der Waals surface area (Å²) in [7, 11) is 0. The summed E-state index contributed by atoms with van der Waals surface area (Å²) in [5, 5.41) is 10.5. The van der Waals surface area contributed by atoms with Crippen LogP contribution in [-0.2, 0) is 6.54 Å². The molecule has 0 bridgehead atoms. The molecule has 3 rings (SSSR count). The summed E-state index contributed by atoms with van der Waals surface area (Å²) in [5.41, 5.74) is 2.10. The van der Waals surface area contributed by atoms with E-state index in [0.717, 1.165) is 43.9 Å². The fourth-order valence-electron chi connectivity index (χ4n) is 3.34. The summed E-state index contributed by atoms with van der Waals surface area (Å²) in [6.07, 6.45) is 3.32. The molecule has 0 spiro atoms. The lowest BCUT2D eigenvalue weighted by molar-refractivity contribution is 0.0540. The fraction of sp³-hybridized carbons (Fsp3) is 0.450. The molecule has 2 aromatic rings. The van der Waals surface area contributed by atoms with Crippen LogP contribution in [0.5, 0.6) is 5.75 Å². The standard InChI is InChI=1S/C20H26N2O2/c1-2-24-18-8-6-16(7-9-18)15-22-13-10-17(11-14-22)20(23)19-5-3-4-12-21-19/h3-9,12,17,20,23H,2,10-11,13-15H2,1H3/t20-/m1/s1. The van der Waals surface area contributed by atoms with Gasteiger partial charge in [-0.15, -0.1) is 0 Å². The minimum absolute atomic E-state index is 0.302. The summed E-state index contributed by atoms with van der Waals surface area (Å²) in [6, 6.07) is 14.1. The quantitative estimate of drug-likeness (QED) is 0.883. The smallest absolute Gasteiger partial charge is 0.119 e. The number of ether oxygens (including phenoxy) is 1. The van der Waals surface area contributed by atoms with Crippen LogP contribution in [0.3, 0.4) is 0 Å². The van der Waals surface area contributed by atoms with Gasteiger partial charge in [0.15, 0.2) is 0 Å². The number of rotatable bonds is 6. The van der Waals surface area contributed by atoms with Crippen LogP contribution in [0, 0.1) is 5.92 Å². The molecular weight excluding hydrogens is 300 g/mol. The second kappa shape index (κ2) is 8.27. The van der Waals surface area contributed by atoms with Gasteiger partial charge >= 0.3 is 0 Å². The summed E-state index contributed by atoms with van der Waals surface area (Å²) < 4.78 is 5.49. The zero-order chi connectivity index (χ0) is 16.8. The largest absolute Gasteiger partial charge is 0.494 e. The zero-order valence-corrected chi connectivity index (χ0v) is 14.3. The Bertz CT molecular complexity index is 607. The van der Waals surface area contributed by atoms with Crippen LogP contribution in [0.15, 0.2) is 48.7 Å². The molecule has 1 aromatic carbocycles. The second-order valence-corrected chi connectivity index (χ2v) is 6.39. The SMILES string of the molecule is CCOc1ccc(CN2CCC([C@@H](O)c3ccccn3)CC2)cc1. The molecule has 1 aliphatic rings. The normalized spacial score (nSPS) is 17.6. The molecule has 1 N–H and O–H groups in total. The van der Waals surface area contributed by atoms with E-state index < -0.39 is 6.10 Å². The zero-order valence-electron chi connectivity index (χ0n) is 14.3.